The second-order valence-corrected chi connectivity index (χ2v) is 4.33. The van der Waals surface area contributed by atoms with E-state index in [2.05, 4.69) is 15.5 Å². The summed E-state index contributed by atoms with van der Waals surface area (Å²) in [6.07, 6.45) is 5.39. The van der Waals surface area contributed by atoms with Gasteiger partial charge in [0.05, 0.1) is 18.0 Å². The van der Waals surface area contributed by atoms with Crippen LogP contribution in [0.5, 0.6) is 0 Å². The molecule has 0 radical (unpaired) electrons. The molecule has 0 fully saturated rings. The van der Waals surface area contributed by atoms with Crippen molar-refractivity contribution in [1.82, 2.24) is 10.2 Å². The average molecular weight is 283 g/mol. The summed E-state index contributed by atoms with van der Waals surface area (Å²) in [4.78, 5) is 22.5. The summed E-state index contributed by atoms with van der Waals surface area (Å²) < 4.78 is 0. The maximum Gasteiger partial charge on any atom is 0.328 e. The SMILES string of the molecule is Cc1cc(/C=C/C(=O)O)ccc1NC(=O)c1ccnnc1. The number of hydrogen-bond donors (Lipinski definition) is 2. The summed E-state index contributed by atoms with van der Waals surface area (Å²) in [5, 5.41) is 18.6. The fourth-order valence-corrected chi connectivity index (χ4v) is 1.72. The number of carboxylic acids is 1. The number of rotatable bonds is 4. The summed E-state index contributed by atoms with van der Waals surface area (Å²) in [5.41, 5.74) is 2.65. The molecule has 0 unspecified atom stereocenters. The highest BCUT2D eigenvalue weighted by molar-refractivity contribution is 6.04. The van der Waals surface area contributed by atoms with Gasteiger partial charge in [-0.3, -0.25) is 4.79 Å². The van der Waals surface area contributed by atoms with Gasteiger partial charge in [-0.25, -0.2) is 4.79 Å². The number of aromatic nitrogens is 2. The first kappa shape index (κ1) is 14.4. The molecule has 1 aromatic carbocycles. The minimum absolute atomic E-state index is 0.276. The predicted octanol–water partition coefficient (Wildman–Crippen LogP) is 2.14. The molecule has 0 saturated heterocycles. The highest BCUT2D eigenvalue weighted by atomic mass is 16.4. The van der Waals surface area contributed by atoms with Gasteiger partial charge >= 0.3 is 5.97 Å². The quantitative estimate of drug-likeness (QED) is 0.839. The molecule has 106 valence electrons. The van der Waals surface area contributed by atoms with Crippen LogP contribution in [0.3, 0.4) is 0 Å². The van der Waals surface area contributed by atoms with Gasteiger partial charge in [0.25, 0.3) is 5.91 Å². The van der Waals surface area contributed by atoms with Crippen LogP contribution in [0.25, 0.3) is 6.08 Å². The van der Waals surface area contributed by atoms with Gasteiger partial charge in [0, 0.05) is 11.8 Å². The molecule has 6 heteroatoms. The second-order valence-electron chi connectivity index (χ2n) is 4.33. The maximum atomic E-state index is 12.0. The van der Waals surface area contributed by atoms with Crippen LogP contribution in [0.1, 0.15) is 21.5 Å². The number of nitrogens with zero attached hydrogens (tertiary/aromatic N) is 2. The number of aliphatic carboxylic acids is 1. The molecule has 1 heterocycles. The highest BCUT2D eigenvalue weighted by Crippen LogP contribution is 2.18. The lowest BCUT2D eigenvalue weighted by molar-refractivity contribution is -0.131. The van der Waals surface area contributed by atoms with E-state index < -0.39 is 5.97 Å². The van der Waals surface area contributed by atoms with Gasteiger partial charge in [-0.15, -0.1) is 0 Å². The number of hydrogen-bond acceptors (Lipinski definition) is 4. The van der Waals surface area contributed by atoms with E-state index in [1.807, 2.05) is 6.92 Å². The van der Waals surface area contributed by atoms with Crippen LogP contribution in [-0.4, -0.2) is 27.2 Å². The van der Waals surface area contributed by atoms with Crippen molar-refractivity contribution in [3.63, 3.8) is 0 Å². The van der Waals surface area contributed by atoms with Gasteiger partial charge in [-0.2, -0.15) is 10.2 Å². The summed E-state index contributed by atoms with van der Waals surface area (Å²) >= 11 is 0. The number of aryl methyl sites for hydroxylation is 1. The Morgan fingerprint density at radius 3 is 2.67 bits per heavy atom. The first-order chi connectivity index (χ1) is 10.1. The topological polar surface area (TPSA) is 92.2 Å². The molecule has 21 heavy (non-hydrogen) atoms. The second kappa shape index (κ2) is 6.42. The van der Waals surface area contributed by atoms with E-state index in [1.54, 1.807) is 24.3 Å². The van der Waals surface area contributed by atoms with E-state index in [9.17, 15) is 9.59 Å². The Balaban J connectivity index is 2.15. The Hall–Kier alpha value is -3.02. The molecule has 2 N–H and O–H groups in total. The third-order valence-corrected chi connectivity index (χ3v) is 2.76. The third kappa shape index (κ3) is 3.97. The van der Waals surface area contributed by atoms with Crippen LogP contribution in [0.2, 0.25) is 0 Å². The van der Waals surface area contributed by atoms with Crippen molar-refractivity contribution in [1.29, 1.82) is 0 Å². The fourth-order valence-electron chi connectivity index (χ4n) is 1.72. The van der Waals surface area contributed by atoms with Crippen LogP contribution in [-0.2, 0) is 4.79 Å². The number of carbonyl (C=O) groups excluding carboxylic acids is 1. The number of anilines is 1. The number of carboxylic acid groups (broad SMARTS) is 1. The summed E-state index contributed by atoms with van der Waals surface area (Å²) in [6.45, 7) is 1.83. The molecular formula is C15H13N3O3. The Kier molecular flexibility index (Phi) is 4.40. The average Bonchev–Trinajstić information content (AvgIpc) is 2.48. The van der Waals surface area contributed by atoms with E-state index in [0.717, 1.165) is 17.2 Å². The zero-order valence-electron chi connectivity index (χ0n) is 11.3. The molecule has 2 aromatic rings. The Morgan fingerprint density at radius 2 is 2.05 bits per heavy atom. The van der Waals surface area contributed by atoms with Gasteiger partial charge in [-0.1, -0.05) is 6.07 Å². The van der Waals surface area contributed by atoms with Gasteiger partial charge < -0.3 is 10.4 Å². The Bertz CT molecular complexity index is 697. The molecule has 1 aromatic heterocycles. The van der Waals surface area contributed by atoms with Gasteiger partial charge in [0.2, 0.25) is 0 Å². The Morgan fingerprint density at radius 1 is 1.24 bits per heavy atom. The Labute approximate surface area is 121 Å². The van der Waals surface area contributed by atoms with Crippen molar-refractivity contribution in [2.24, 2.45) is 0 Å². The van der Waals surface area contributed by atoms with Crippen LogP contribution in [0.15, 0.2) is 42.7 Å². The third-order valence-electron chi connectivity index (χ3n) is 2.76. The van der Waals surface area contributed by atoms with Crippen molar-refractivity contribution in [3.8, 4) is 0 Å². The van der Waals surface area contributed by atoms with E-state index in [4.69, 9.17) is 5.11 Å². The maximum absolute atomic E-state index is 12.0. The molecule has 0 aliphatic rings. The summed E-state index contributed by atoms with van der Waals surface area (Å²) in [5.74, 6) is -1.28. The molecule has 2 rings (SSSR count). The van der Waals surface area contributed by atoms with Crippen molar-refractivity contribution in [3.05, 3.63) is 59.4 Å². The largest absolute Gasteiger partial charge is 0.478 e. The van der Waals surface area contributed by atoms with E-state index in [1.165, 1.54) is 18.5 Å². The number of nitrogens with one attached hydrogen (secondary N) is 1. The zero-order valence-corrected chi connectivity index (χ0v) is 11.3. The number of benzene rings is 1. The van der Waals surface area contributed by atoms with Crippen molar-refractivity contribution >= 4 is 23.6 Å². The molecule has 0 spiro atoms. The minimum Gasteiger partial charge on any atom is -0.478 e. The molecule has 0 aliphatic heterocycles. The van der Waals surface area contributed by atoms with Crippen LogP contribution in [0.4, 0.5) is 5.69 Å². The standard InChI is InChI=1S/C15H13N3O3/c1-10-8-11(3-5-14(19)20)2-4-13(10)18-15(21)12-6-7-16-17-9-12/h2-9H,1H3,(H,18,21)(H,19,20)/b5-3+. The predicted molar refractivity (Wildman–Crippen MR) is 77.8 cm³/mol. The first-order valence-corrected chi connectivity index (χ1v) is 6.16. The highest BCUT2D eigenvalue weighted by Gasteiger charge is 2.07. The normalized spacial score (nSPS) is 10.5. The van der Waals surface area contributed by atoms with Gasteiger partial charge in [0.15, 0.2) is 0 Å². The van der Waals surface area contributed by atoms with Crippen molar-refractivity contribution < 1.29 is 14.7 Å². The molecule has 0 bridgehead atoms. The molecule has 0 saturated carbocycles. The molecular weight excluding hydrogens is 270 g/mol. The van der Waals surface area contributed by atoms with Crippen LogP contribution < -0.4 is 5.32 Å². The van der Waals surface area contributed by atoms with Gasteiger partial charge in [-0.05, 0) is 42.3 Å². The van der Waals surface area contributed by atoms with Crippen LogP contribution in [0, 0.1) is 6.92 Å². The monoisotopic (exact) mass is 283 g/mol. The molecule has 1 amide bonds. The minimum atomic E-state index is -1.00. The molecule has 0 aliphatic carbocycles. The van der Waals surface area contributed by atoms with Gasteiger partial charge in [0.1, 0.15) is 0 Å². The lowest BCUT2D eigenvalue weighted by Crippen LogP contribution is -2.13. The lowest BCUT2D eigenvalue weighted by Gasteiger charge is -2.08. The van der Waals surface area contributed by atoms with Crippen molar-refractivity contribution in [2.45, 2.75) is 6.92 Å². The fraction of sp³-hybridized carbons (Fsp3) is 0.0667. The van der Waals surface area contributed by atoms with Crippen LogP contribution >= 0.6 is 0 Å². The smallest absolute Gasteiger partial charge is 0.328 e. The van der Waals surface area contributed by atoms with Crippen molar-refractivity contribution in [2.75, 3.05) is 5.32 Å². The summed E-state index contributed by atoms with van der Waals surface area (Å²) in [7, 11) is 0. The molecule has 0 atom stereocenters. The summed E-state index contributed by atoms with van der Waals surface area (Å²) in [6, 6.07) is 6.82. The number of amides is 1. The first-order valence-electron chi connectivity index (χ1n) is 6.16. The number of carbonyl (C=O) groups is 2. The zero-order chi connectivity index (χ0) is 15.2. The lowest BCUT2D eigenvalue weighted by atomic mass is 10.1. The van der Waals surface area contributed by atoms with E-state index in [-0.39, 0.29) is 5.91 Å². The van der Waals surface area contributed by atoms with E-state index >= 15 is 0 Å². The van der Waals surface area contributed by atoms with E-state index in [0.29, 0.717) is 11.3 Å². The molecule has 6 nitrogen and oxygen atoms in total.